The Balaban J connectivity index is 2.46. The predicted molar refractivity (Wildman–Crippen MR) is 69.3 cm³/mol. The van der Waals surface area contributed by atoms with Crippen LogP contribution >= 0.6 is 0 Å². The number of anilines is 1. The molecule has 96 valence electrons. The normalized spacial score (nSPS) is 10.0. The van der Waals surface area contributed by atoms with Gasteiger partial charge in [-0.25, -0.2) is 9.37 Å². The zero-order valence-corrected chi connectivity index (χ0v) is 10.6. The minimum atomic E-state index is -0.446. The van der Waals surface area contributed by atoms with Crippen LogP contribution < -0.4 is 10.5 Å². The number of halogens is 1. The molecule has 0 aliphatic heterocycles. The number of aromatic nitrogens is 1. The first-order valence-electron chi connectivity index (χ1n) is 5.62. The van der Waals surface area contributed by atoms with Crippen molar-refractivity contribution in [1.82, 2.24) is 4.98 Å². The third-order valence-corrected chi connectivity index (χ3v) is 2.60. The Labute approximate surface area is 110 Å². The molecular formula is C14H12FN3O. The van der Waals surface area contributed by atoms with Crippen LogP contribution in [0.1, 0.15) is 16.8 Å². The SMILES string of the molecule is Cc1cc(C)c(C#N)c(Oc2ccc(F)cc2N)n1. The first kappa shape index (κ1) is 12.8. The summed E-state index contributed by atoms with van der Waals surface area (Å²) in [6, 6.07) is 7.63. The molecule has 0 bridgehead atoms. The van der Waals surface area contributed by atoms with Crippen molar-refractivity contribution in [2.75, 3.05) is 5.73 Å². The molecule has 0 atom stereocenters. The number of rotatable bonds is 2. The first-order valence-corrected chi connectivity index (χ1v) is 5.62. The smallest absolute Gasteiger partial charge is 0.237 e. The van der Waals surface area contributed by atoms with Crippen molar-refractivity contribution in [3.05, 3.63) is 46.9 Å². The maximum atomic E-state index is 13.0. The van der Waals surface area contributed by atoms with E-state index in [4.69, 9.17) is 15.7 Å². The van der Waals surface area contributed by atoms with E-state index in [1.54, 1.807) is 19.9 Å². The molecule has 0 saturated carbocycles. The quantitative estimate of drug-likeness (QED) is 0.839. The van der Waals surface area contributed by atoms with Crippen LogP contribution in [-0.4, -0.2) is 4.98 Å². The van der Waals surface area contributed by atoms with Crippen LogP contribution in [0.4, 0.5) is 10.1 Å². The van der Waals surface area contributed by atoms with Gasteiger partial charge in [0, 0.05) is 11.8 Å². The van der Waals surface area contributed by atoms with Gasteiger partial charge < -0.3 is 10.5 Å². The van der Waals surface area contributed by atoms with E-state index < -0.39 is 5.82 Å². The third kappa shape index (κ3) is 2.63. The lowest BCUT2D eigenvalue weighted by Crippen LogP contribution is -1.99. The summed E-state index contributed by atoms with van der Waals surface area (Å²) in [4.78, 5) is 4.17. The van der Waals surface area contributed by atoms with Crippen molar-refractivity contribution in [1.29, 1.82) is 5.26 Å². The summed E-state index contributed by atoms with van der Waals surface area (Å²) in [6.45, 7) is 3.60. The lowest BCUT2D eigenvalue weighted by molar-refractivity contribution is 0.460. The highest BCUT2D eigenvalue weighted by Crippen LogP contribution is 2.30. The van der Waals surface area contributed by atoms with Crippen molar-refractivity contribution in [3.8, 4) is 17.7 Å². The standard InChI is InChI=1S/C14H12FN3O/c1-8-5-9(2)18-14(11(8)7-16)19-13-4-3-10(15)6-12(13)17/h3-6H,17H2,1-2H3. The molecule has 0 radical (unpaired) electrons. The second-order valence-corrected chi connectivity index (χ2v) is 4.16. The molecule has 2 N–H and O–H groups in total. The molecule has 2 aromatic rings. The third-order valence-electron chi connectivity index (χ3n) is 2.60. The summed E-state index contributed by atoms with van der Waals surface area (Å²) in [5, 5.41) is 9.12. The van der Waals surface area contributed by atoms with Gasteiger partial charge in [-0.05, 0) is 37.6 Å². The maximum Gasteiger partial charge on any atom is 0.237 e. The molecule has 19 heavy (non-hydrogen) atoms. The molecule has 0 aliphatic carbocycles. The highest BCUT2D eigenvalue weighted by Gasteiger charge is 2.12. The lowest BCUT2D eigenvalue weighted by atomic mass is 10.1. The van der Waals surface area contributed by atoms with Gasteiger partial charge in [0.25, 0.3) is 0 Å². The van der Waals surface area contributed by atoms with E-state index in [0.29, 0.717) is 5.56 Å². The van der Waals surface area contributed by atoms with Gasteiger partial charge >= 0.3 is 0 Å². The predicted octanol–water partition coefficient (Wildman–Crippen LogP) is 3.08. The van der Waals surface area contributed by atoms with Crippen molar-refractivity contribution in [2.45, 2.75) is 13.8 Å². The molecule has 2 rings (SSSR count). The zero-order chi connectivity index (χ0) is 14.0. The lowest BCUT2D eigenvalue weighted by Gasteiger charge is -2.10. The minimum Gasteiger partial charge on any atom is -0.435 e. The van der Waals surface area contributed by atoms with E-state index in [1.165, 1.54) is 12.1 Å². The monoisotopic (exact) mass is 257 g/mol. The summed E-state index contributed by atoms with van der Waals surface area (Å²) in [6.07, 6.45) is 0. The number of nitrogens with zero attached hydrogens (tertiary/aromatic N) is 2. The van der Waals surface area contributed by atoms with E-state index in [1.807, 2.05) is 6.07 Å². The van der Waals surface area contributed by atoms with Crippen molar-refractivity contribution >= 4 is 5.69 Å². The number of hydrogen-bond acceptors (Lipinski definition) is 4. The Hall–Kier alpha value is -2.61. The molecular weight excluding hydrogens is 245 g/mol. The molecule has 0 amide bonds. The first-order chi connectivity index (χ1) is 9.01. The Morgan fingerprint density at radius 3 is 2.68 bits per heavy atom. The maximum absolute atomic E-state index is 13.0. The minimum absolute atomic E-state index is 0.157. The van der Waals surface area contributed by atoms with E-state index >= 15 is 0 Å². The molecule has 1 aromatic heterocycles. The Bertz CT molecular complexity index is 677. The van der Waals surface area contributed by atoms with Crippen LogP contribution in [0.15, 0.2) is 24.3 Å². The van der Waals surface area contributed by atoms with Crippen molar-refractivity contribution < 1.29 is 9.13 Å². The molecule has 0 saturated heterocycles. The highest BCUT2D eigenvalue weighted by atomic mass is 19.1. The topological polar surface area (TPSA) is 71.9 Å². The van der Waals surface area contributed by atoms with Gasteiger partial charge in [0.2, 0.25) is 5.88 Å². The van der Waals surface area contributed by atoms with Gasteiger partial charge in [0.15, 0.2) is 5.75 Å². The average Bonchev–Trinajstić information content (AvgIpc) is 2.32. The van der Waals surface area contributed by atoms with Crippen LogP contribution in [0.5, 0.6) is 11.6 Å². The number of pyridine rings is 1. The Morgan fingerprint density at radius 2 is 2.05 bits per heavy atom. The van der Waals surface area contributed by atoms with Gasteiger partial charge in [0.1, 0.15) is 17.4 Å². The number of nitriles is 1. The van der Waals surface area contributed by atoms with Gasteiger partial charge in [0.05, 0.1) is 5.69 Å². The Morgan fingerprint density at radius 1 is 1.32 bits per heavy atom. The highest BCUT2D eigenvalue weighted by molar-refractivity contribution is 5.55. The van der Waals surface area contributed by atoms with Gasteiger partial charge in [-0.15, -0.1) is 0 Å². The van der Waals surface area contributed by atoms with Gasteiger partial charge in [-0.1, -0.05) is 0 Å². The fraction of sp³-hybridized carbons (Fsp3) is 0.143. The molecule has 0 unspecified atom stereocenters. The second-order valence-electron chi connectivity index (χ2n) is 4.16. The number of hydrogen-bond donors (Lipinski definition) is 1. The number of nitrogen functional groups attached to an aromatic ring is 1. The number of nitrogens with two attached hydrogens (primary N) is 1. The van der Waals surface area contributed by atoms with E-state index in [-0.39, 0.29) is 17.3 Å². The number of aryl methyl sites for hydroxylation is 2. The fourth-order valence-corrected chi connectivity index (χ4v) is 1.73. The summed E-state index contributed by atoms with van der Waals surface area (Å²) in [7, 11) is 0. The average molecular weight is 257 g/mol. The van der Waals surface area contributed by atoms with Crippen LogP contribution in [-0.2, 0) is 0 Å². The molecule has 1 heterocycles. The van der Waals surface area contributed by atoms with Crippen molar-refractivity contribution in [3.63, 3.8) is 0 Å². The Kier molecular flexibility index (Phi) is 3.34. The van der Waals surface area contributed by atoms with E-state index in [0.717, 1.165) is 17.3 Å². The van der Waals surface area contributed by atoms with Gasteiger partial charge in [-0.2, -0.15) is 5.26 Å². The van der Waals surface area contributed by atoms with Crippen LogP contribution in [0.2, 0.25) is 0 Å². The largest absolute Gasteiger partial charge is 0.435 e. The summed E-state index contributed by atoms with van der Waals surface area (Å²) in [5.74, 6) is 0.00690. The number of ether oxygens (including phenoxy) is 1. The molecule has 0 aliphatic rings. The van der Waals surface area contributed by atoms with Crippen LogP contribution in [0, 0.1) is 31.0 Å². The fourth-order valence-electron chi connectivity index (χ4n) is 1.73. The van der Waals surface area contributed by atoms with E-state index in [9.17, 15) is 4.39 Å². The van der Waals surface area contributed by atoms with E-state index in [2.05, 4.69) is 4.98 Å². The second kappa shape index (κ2) is 4.94. The summed E-state index contributed by atoms with van der Waals surface area (Å²) < 4.78 is 18.5. The summed E-state index contributed by atoms with van der Waals surface area (Å²) in [5.41, 5.74) is 7.66. The molecule has 5 heteroatoms. The number of benzene rings is 1. The van der Waals surface area contributed by atoms with Crippen molar-refractivity contribution in [2.24, 2.45) is 0 Å². The van der Waals surface area contributed by atoms with Gasteiger partial charge in [-0.3, -0.25) is 0 Å². The summed E-state index contributed by atoms with van der Waals surface area (Å²) >= 11 is 0. The van der Waals surface area contributed by atoms with Crippen LogP contribution in [0.25, 0.3) is 0 Å². The molecule has 0 fully saturated rings. The van der Waals surface area contributed by atoms with Crippen LogP contribution in [0.3, 0.4) is 0 Å². The molecule has 1 aromatic carbocycles. The zero-order valence-electron chi connectivity index (χ0n) is 10.6. The molecule has 4 nitrogen and oxygen atoms in total. The molecule has 0 spiro atoms.